The second kappa shape index (κ2) is 8.33. The summed E-state index contributed by atoms with van der Waals surface area (Å²) in [4.78, 5) is 26.7. The van der Waals surface area contributed by atoms with E-state index in [1.54, 1.807) is 36.5 Å². The summed E-state index contributed by atoms with van der Waals surface area (Å²) in [5, 5.41) is 11.0. The van der Waals surface area contributed by atoms with Gasteiger partial charge in [0.1, 0.15) is 6.33 Å². The van der Waals surface area contributed by atoms with E-state index in [2.05, 4.69) is 15.5 Å². The van der Waals surface area contributed by atoms with E-state index >= 15 is 0 Å². The highest BCUT2D eigenvalue weighted by molar-refractivity contribution is 5.97. The van der Waals surface area contributed by atoms with Crippen LogP contribution < -0.4 is 5.32 Å². The van der Waals surface area contributed by atoms with E-state index in [9.17, 15) is 9.59 Å². The van der Waals surface area contributed by atoms with Gasteiger partial charge in [-0.05, 0) is 44.9 Å². The summed E-state index contributed by atoms with van der Waals surface area (Å²) in [6.45, 7) is 4.46. The van der Waals surface area contributed by atoms with E-state index in [0.717, 1.165) is 31.5 Å². The zero-order valence-corrected chi connectivity index (χ0v) is 16.2. The number of nitrogens with zero attached hydrogens (tertiary/aromatic N) is 4. The molecule has 0 aliphatic heterocycles. The van der Waals surface area contributed by atoms with E-state index in [-0.39, 0.29) is 23.8 Å². The van der Waals surface area contributed by atoms with Gasteiger partial charge in [0.15, 0.2) is 5.82 Å². The van der Waals surface area contributed by atoms with Gasteiger partial charge in [-0.25, -0.2) is 0 Å². The lowest BCUT2D eigenvalue weighted by Gasteiger charge is -2.19. The van der Waals surface area contributed by atoms with Crippen LogP contribution in [0.3, 0.4) is 0 Å². The summed E-state index contributed by atoms with van der Waals surface area (Å²) in [6.07, 6.45) is 5.80. The largest absolute Gasteiger partial charge is 0.334 e. The monoisotopic (exact) mass is 369 g/mol. The number of carbonyl (C=O) groups excluding carboxylic acids is 2. The summed E-state index contributed by atoms with van der Waals surface area (Å²) >= 11 is 0. The van der Waals surface area contributed by atoms with Crippen molar-refractivity contribution in [2.24, 2.45) is 5.92 Å². The molecule has 0 spiro atoms. The number of hydrogen-bond acceptors (Lipinski definition) is 4. The van der Waals surface area contributed by atoms with Crippen molar-refractivity contribution in [3.63, 3.8) is 0 Å². The molecule has 7 heteroatoms. The van der Waals surface area contributed by atoms with Crippen LogP contribution in [0.25, 0.3) is 0 Å². The molecule has 0 unspecified atom stereocenters. The Kier molecular flexibility index (Phi) is 5.88. The van der Waals surface area contributed by atoms with Crippen LogP contribution in [0.5, 0.6) is 0 Å². The van der Waals surface area contributed by atoms with Crippen molar-refractivity contribution >= 4 is 17.5 Å². The Morgan fingerprint density at radius 1 is 1.30 bits per heavy atom. The smallest absolute Gasteiger partial charge is 0.254 e. The number of hydrogen-bond donors (Lipinski definition) is 1. The molecule has 1 heterocycles. The van der Waals surface area contributed by atoms with Crippen molar-refractivity contribution in [3.05, 3.63) is 42.0 Å². The minimum absolute atomic E-state index is 0.0514. The van der Waals surface area contributed by atoms with Gasteiger partial charge in [-0.3, -0.25) is 9.59 Å². The van der Waals surface area contributed by atoms with Crippen LogP contribution in [0, 0.1) is 5.92 Å². The molecule has 1 fully saturated rings. The van der Waals surface area contributed by atoms with Crippen molar-refractivity contribution in [3.8, 4) is 0 Å². The van der Waals surface area contributed by atoms with Crippen LogP contribution in [-0.2, 0) is 11.3 Å². The van der Waals surface area contributed by atoms with Crippen molar-refractivity contribution in [1.82, 2.24) is 19.7 Å². The van der Waals surface area contributed by atoms with Crippen LogP contribution in [0.1, 0.15) is 61.8 Å². The lowest BCUT2D eigenvalue weighted by molar-refractivity contribution is -0.119. The fourth-order valence-electron chi connectivity index (χ4n) is 3.48. The van der Waals surface area contributed by atoms with Gasteiger partial charge in [0, 0.05) is 30.3 Å². The van der Waals surface area contributed by atoms with E-state index in [0.29, 0.717) is 17.8 Å². The van der Waals surface area contributed by atoms with Crippen molar-refractivity contribution < 1.29 is 9.59 Å². The third kappa shape index (κ3) is 4.53. The normalized spacial score (nSPS) is 14.5. The Bertz CT molecular complexity index is 808. The van der Waals surface area contributed by atoms with Gasteiger partial charge in [-0.2, -0.15) is 0 Å². The van der Waals surface area contributed by atoms with E-state index in [1.807, 2.05) is 24.5 Å². The van der Waals surface area contributed by atoms with Crippen molar-refractivity contribution in [2.75, 3.05) is 12.4 Å². The zero-order chi connectivity index (χ0) is 19.4. The number of carbonyl (C=O) groups is 2. The molecule has 144 valence electrons. The fourth-order valence-corrected chi connectivity index (χ4v) is 3.48. The van der Waals surface area contributed by atoms with Crippen LogP contribution in [0.15, 0.2) is 30.6 Å². The standard InChI is InChI=1S/C20H27N5O2/c1-14(2)25-13-21-23-18(25)12-24(3)20(27)16-9-6-10-17(11-16)22-19(26)15-7-4-5-8-15/h6,9-11,13-15H,4-5,7-8,12H2,1-3H3,(H,22,26). The number of anilines is 1. The van der Waals surface area contributed by atoms with E-state index in [4.69, 9.17) is 0 Å². The van der Waals surface area contributed by atoms with Gasteiger partial charge in [-0.1, -0.05) is 18.9 Å². The Morgan fingerprint density at radius 3 is 2.74 bits per heavy atom. The molecule has 0 saturated heterocycles. The Morgan fingerprint density at radius 2 is 2.04 bits per heavy atom. The molecule has 7 nitrogen and oxygen atoms in total. The molecule has 27 heavy (non-hydrogen) atoms. The first-order valence-corrected chi connectivity index (χ1v) is 9.50. The summed E-state index contributed by atoms with van der Waals surface area (Å²) in [6, 6.07) is 7.34. The molecule has 0 bridgehead atoms. The first-order chi connectivity index (χ1) is 13.0. The number of aromatic nitrogens is 3. The topological polar surface area (TPSA) is 80.1 Å². The number of amides is 2. The maximum atomic E-state index is 12.8. The van der Waals surface area contributed by atoms with Gasteiger partial charge in [0.05, 0.1) is 6.54 Å². The summed E-state index contributed by atoms with van der Waals surface area (Å²) in [7, 11) is 1.74. The Balaban J connectivity index is 1.67. The zero-order valence-electron chi connectivity index (χ0n) is 16.2. The molecule has 1 aromatic heterocycles. The van der Waals surface area contributed by atoms with E-state index in [1.165, 1.54) is 0 Å². The average Bonchev–Trinajstić information content (AvgIpc) is 3.33. The minimum Gasteiger partial charge on any atom is -0.334 e. The minimum atomic E-state index is -0.120. The maximum absolute atomic E-state index is 12.8. The average molecular weight is 369 g/mol. The first-order valence-electron chi connectivity index (χ1n) is 9.50. The lowest BCUT2D eigenvalue weighted by atomic mass is 10.1. The predicted octanol–water partition coefficient (Wildman–Crippen LogP) is 3.26. The number of rotatable bonds is 6. The van der Waals surface area contributed by atoms with Gasteiger partial charge in [-0.15, -0.1) is 10.2 Å². The second-order valence-corrected chi connectivity index (χ2v) is 7.46. The molecule has 1 aliphatic carbocycles. The van der Waals surface area contributed by atoms with Gasteiger partial charge in [0.25, 0.3) is 5.91 Å². The molecule has 2 amide bonds. The molecule has 2 aromatic rings. The highest BCUT2D eigenvalue weighted by Crippen LogP contribution is 2.26. The molecule has 1 aromatic carbocycles. The molecular formula is C20H27N5O2. The highest BCUT2D eigenvalue weighted by atomic mass is 16.2. The van der Waals surface area contributed by atoms with Crippen LogP contribution in [-0.4, -0.2) is 38.5 Å². The fraction of sp³-hybridized carbons (Fsp3) is 0.500. The highest BCUT2D eigenvalue weighted by Gasteiger charge is 2.23. The summed E-state index contributed by atoms with van der Waals surface area (Å²) < 4.78 is 1.95. The van der Waals surface area contributed by atoms with Crippen LogP contribution in [0.2, 0.25) is 0 Å². The number of benzene rings is 1. The van der Waals surface area contributed by atoms with Crippen molar-refractivity contribution in [1.29, 1.82) is 0 Å². The molecule has 3 rings (SSSR count). The molecule has 0 radical (unpaired) electrons. The molecule has 0 atom stereocenters. The number of nitrogens with one attached hydrogen (secondary N) is 1. The third-order valence-electron chi connectivity index (χ3n) is 5.03. The summed E-state index contributed by atoms with van der Waals surface area (Å²) in [5.41, 5.74) is 1.20. The summed E-state index contributed by atoms with van der Waals surface area (Å²) in [5.74, 6) is 0.765. The second-order valence-electron chi connectivity index (χ2n) is 7.46. The lowest BCUT2D eigenvalue weighted by Crippen LogP contribution is -2.28. The van der Waals surface area contributed by atoms with Gasteiger partial charge in [0.2, 0.25) is 5.91 Å². The van der Waals surface area contributed by atoms with Gasteiger partial charge < -0.3 is 14.8 Å². The maximum Gasteiger partial charge on any atom is 0.254 e. The molecule has 1 aliphatic rings. The molecule has 1 saturated carbocycles. The van der Waals surface area contributed by atoms with Crippen molar-refractivity contribution in [2.45, 2.75) is 52.1 Å². The first kappa shape index (κ1) is 19.1. The quantitative estimate of drug-likeness (QED) is 0.847. The van der Waals surface area contributed by atoms with Crippen LogP contribution in [0.4, 0.5) is 5.69 Å². The molecular weight excluding hydrogens is 342 g/mol. The van der Waals surface area contributed by atoms with Crippen LogP contribution >= 0.6 is 0 Å². The third-order valence-corrected chi connectivity index (χ3v) is 5.03. The van der Waals surface area contributed by atoms with Gasteiger partial charge >= 0.3 is 0 Å². The Labute approximate surface area is 159 Å². The SMILES string of the molecule is CC(C)n1cnnc1CN(C)C(=O)c1cccc(NC(=O)C2CCCC2)c1. The predicted molar refractivity (Wildman–Crippen MR) is 103 cm³/mol. The van der Waals surface area contributed by atoms with E-state index < -0.39 is 0 Å². The Hall–Kier alpha value is -2.70. The molecule has 1 N–H and O–H groups in total.